The monoisotopic (exact) mass is 238 g/mol. The number of thiocarbonyl (C=S) groups is 1. The second kappa shape index (κ2) is 4.65. The molecule has 5 heteroatoms. The highest BCUT2D eigenvalue weighted by molar-refractivity contribution is 7.80. The van der Waals surface area contributed by atoms with E-state index < -0.39 is 0 Å². The van der Waals surface area contributed by atoms with Gasteiger partial charge in [0.15, 0.2) is 0 Å². The van der Waals surface area contributed by atoms with Gasteiger partial charge in [-0.15, -0.1) is 0 Å². The average molecular weight is 238 g/mol. The van der Waals surface area contributed by atoms with E-state index >= 15 is 0 Å². The number of nitrogens with one attached hydrogen (secondary N) is 1. The molecule has 4 nitrogen and oxygen atoms in total. The third-order valence-electron chi connectivity index (χ3n) is 2.98. The Hall–Kier alpha value is -1.36. The highest BCUT2D eigenvalue weighted by Gasteiger charge is 2.30. The molecule has 1 saturated carbocycles. The van der Waals surface area contributed by atoms with Gasteiger partial charge in [0.1, 0.15) is 6.26 Å². The van der Waals surface area contributed by atoms with Crippen molar-refractivity contribution in [2.24, 2.45) is 11.7 Å². The van der Waals surface area contributed by atoms with E-state index in [1.54, 1.807) is 6.07 Å². The van der Waals surface area contributed by atoms with Crippen molar-refractivity contribution in [3.05, 3.63) is 24.2 Å². The summed E-state index contributed by atoms with van der Waals surface area (Å²) < 4.78 is 4.86. The van der Waals surface area contributed by atoms with Crippen molar-refractivity contribution in [2.75, 3.05) is 0 Å². The minimum Gasteiger partial charge on any atom is -0.472 e. The molecule has 3 N–H and O–H groups in total. The normalized spacial score (nSPS) is 24.2. The molecule has 2 unspecified atom stereocenters. The molecule has 1 heterocycles. The predicted octanol–water partition coefficient (Wildman–Crippen LogP) is 1.46. The summed E-state index contributed by atoms with van der Waals surface area (Å²) in [6.07, 6.45) is 5.87. The SMILES string of the molecule is NC(=S)C1CCCC1NC(=O)c1ccoc1. The van der Waals surface area contributed by atoms with Crippen LogP contribution < -0.4 is 11.1 Å². The quantitative estimate of drug-likeness (QED) is 0.782. The lowest BCUT2D eigenvalue weighted by Gasteiger charge is -2.19. The van der Waals surface area contributed by atoms with Crippen molar-refractivity contribution in [1.29, 1.82) is 0 Å². The smallest absolute Gasteiger partial charge is 0.254 e. The molecule has 0 aromatic carbocycles. The molecule has 2 atom stereocenters. The van der Waals surface area contributed by atoms with Crippen molar-refractivity contribution in [1.82, 2.24) is 5.32 Å². The number of amides is 1. The van der Waals surface area contributed by atoms with Gasteiger partial charge in [0.05, 0.1) is 16.8 Å². The summed E-state index contributed by atoms with van der Waals surface area (Å²) >= 11 is 4.99. The van der Waals surface area contributed by atoms with Crippen molar-refractivity contribution in [2.45, 2.75) is 25.3 Å². The Morgan fingerprint density at radius 3 is 3.00 bits per heavy atom. The van der Waals surface area contributed by atoms with Gasteiger partial charge < -0.3 is 15.5 Å². The van der Waals surface area contributed by atoms with E-state index in [0.717, 1.165) is 19.3 Å². The van der Waals surface area contributed by atoms with E-state index in [4.69, 9.17) is 22.4 Å². The van der Waals surface area contributed by atoms with Crippen LogP contribution in [0.3, 0.4) is 0 Å². The van der Waals surface area contributed by atoms with Gasteiger partial charge in [-0.25, -0.2) is 0 Å². The Kier molecular flexibility index (Phi) is 3.24. The van der Waals surface area contributed by atoms with Gasteiger partial charge in [-0.3, -0.25) is 4.79 Å². The first-order valence-corrected chi connectivity index (χ1v) is 5.71. The van der Waals surface area contributed by atoms with E-state index in [1.165, 1.54) is 12.5 Å². The molecule has 1 aromatic heterocycles. The van der Waals surface area contributed by atoms with Crippen molar-refractivity contribution in [3.8, 4) is 0 Å². The molecule has 2 rings (SSSR count). The van der Waals surface area contributed by atoms with Crippen LogP contribution in [0.25, 0.3) is 0 Å². The van der Waals surface area contributed by atoms with Crippen LogP contribution in [0.2, 0.25) is 0 Å². The first-order valence-electron chi connectivity index (χ1n) is 5.31. The number of carbonyl (C=O) groups excluding carboxylic acids is 1. The van der Waals surface area contributed by atoms with Gasteiger partial charge in [-0.1, -0.05) is 18.6 Å². The molecule has 0 bridgehead atoms. The number of carbonyl (C=O) groups is 1. The zero-order chi connectivity index (χ0) is 11.5. The van der Waals surface area contributed by atoms with Crippen molar-refractivity contribution in [3.63, 3.8) is 0 Å². The molecule has 0 spiro atoms. The van der Waals surface area contributed by atoms with Crippen LogP contribution in [-0.2, 0) is 0 Å². The van der Waals surface area contributed by atoms with Crippen LogP contribution in [0, 0.1) is 5.92 Å². The van der Waals surface area contributed by atoms with Crippen molar-refractivity contribution >= 4 is 23.1 Å². The molecule has 0 aliphatic heterocycles. The van der Waals surface area contributed by atoms with Gasteiger partial charge in [0, 0.05) is 12.0 Å². The molecule has 1 aliphatic rings. The van der Waals surface area contributed by atoms with E-state index in [-0.39, 0.29) is 17.9 Å². The number of nitrogens with two attached hydrogens (primary N) is 1. The van der Waals surface area contributed by atoms with E-state index in [0.29, 0.717) is 10.6 Å². The molecular formula is C11H14N2O2S. The molecule has 1 amide bonds. The summed E-state index contributed by atoms with van der Waals surface area (Å²) in [4.78, 5) is 12.3. The Morgan fingerprint density at radius 1 is 1.56 bits per heavy atom. The van der Waals surface area contributed by atoms with Crippen LogP contribution >= 0.6 is 12.2 Å². The molecule has 1 aliphatic carbocycles. The molecule has 86 valence electrons. The third kappa shape index (κ3) is 2.24. The number of rotatable bonds is 3. The molecule has 1 aromatic rings. The maximum atomic E-state index is 11.8. The zero-order valence-electron chi connectivity index (χ0n) is 8.81. The average Bonchev–Trinajstić information content (AvgIpc) is 2.86. The molecule has 16 heavy (non-hydrogen) atoms. The lowest BCUT2D eigenvalue weighted by atomic mass is 10.0. The summed E-state index contributed by atoms with van der Waals surface area (Å²) in [6.45, 7) is 0. The summed E-state index contributed by atoms with van der Waals surface area (Å²) in [5.74, 6) is 0.00718. The second-order valence-corrected chi connectivity index (χ2v) is 4.50. The fraction of sp³-hybridized carbons (Fsp3) is 0.455. The third-order valence-corrected chi connectivity index (χ3v) is 3.28. The van der Waals surface area contributed by atoms with Gasteiger partial charge >= 0.3 is 0 Å². The number of hydrogen-bond acceptors (Lipinski definition) is 3. The standard InChI is InChI=1S/C11H14N2O2S/c12-10(16)8-2-1-3-9(8)13-11(14)7-4-5-15-6-7/h4-6,8-9H,1-3H2,(H2,12,16)(H,13,14). The maximum absolute atomic E-state index is 11.8. The van der Waals surface area contributed by atoms with Gasteiger partial charge in [-0.2, -0.15) is 0 Å². The first kappa shape index (κ1) is 11.1. The van der Waals surface area contributed by atoms with Crippen LogP contribution in [0.5, 0.6) is 0 Å². The lowest BCUT2D eigenvalue weighted by Crippen LogP contribution is -2.41. The van der Waals surface area contributed by atoms with Crippen LogP contribution in [0.15, 0.2) is 23.0 Å². The Bertz CT molecular complexity index is 389. The van der Waals surface area contributed by atoms with E-state index in [9.17, 15) is 4.79 Å². The Labute approximate surface area is 99.2 Å². The first-order chi connectivity index (χ1) is 7.68. The topological polar surface area (TPSA) is 68.3 Å². The zero-order valence-corrected chi connectivity index (χ0v) is 9.63. The highest BCUT2D eigenvalue weighted by atomic mass is 32.1. The predicted molar refractivity (Wildman–Crippen MR) is 64.1 cm³/mol. The Balaban J connectivity index is 1.99. The number of furan rings is 1. The minimum atomic E-state index is -0.123. The van der Waals surface area contributed by atoms with E-state index in [1.807, 2.05) is 0 Å². The summed E-state index contributed by atoms with van der Waals surface area (Å²) in [6, 6.07) is 1.71. The van der Waals surface area contributed by atoms with Gasteiger partial charge in [-0.05, 0) is 18.9 Å². The molecule has 0 saturated heterocycles. The van der Waals surface area contributed by atoms with Crippen molar-refractivity contribution < 1.29 is 9.21 Å². The van der Waals surface area contributed by atoms with Crippen LogP contribution in [-0.4, -0.2) is 16.9 Å². The second-order valence-electron chi connectivity index (χ2n) is 4.03. The van der Waals surface area contributed by atoms with Gasteiger partial charge in [0.25, 0.3) is 5.91 Å². The maximum Gasteiger partial charge on any atom is 0.254 e. The summed E-state index contributed by atoms with van der Waals surface area (Å²) in [5, 5.41) is 2.95. The molecular weight excluding hydrogens is 224 g/mol. The molecule has 1 fully saturated rings. The minimum absolute atomic E-state index is 0.0694. The Morgan fingerprint density at radius 2 is 2.38 bits per heavy atom. The summed E-state index contributed by atoms with van der Waals surface area (Å²) in [7, 11) is 0. The molecule has 0 radical (unpaired) electrons. The van der Waals surface area contributed by atoms with Gasteiger partial charge in [0.2, 0.25) is 0 Å². The highest BCUT2D eigenvalue weighted by Crippen LogP contribution is 2.26. The fourth-order valence-corrected chi connectivity index (χ4v) is 2.40. The van der Waals surface area contributed by atoms with E-state index in [2.05, 4.69) is 5.32 Å². The largest absolute Gasteiger partial charge is 0.472 e. The lowest BCUT2D eigenvalue weighted by molar-refractivity contribution is 0.0933. The fourth-order valence-electron chi connectivity index (χ4n) is 2.12. The summed E-state index contributed by atoms with van der Waals surface area (Å²) in [5.41, 5.74) is 6.18. The van der Waals surface area contributed by atoms with Crippen LogP contribution in [0.4, 0.5) is 0 Å². The number of hydrogen-bond donors (Lipinski definition) is 2. The van der Waals surface area contributed by atoms with Crippen LogP contribution in [0.1, 0.15) is 29.6 Å².